The topological polar surface area (TPSA) is 37.3 Å². The third-order valence-electron chi connectivity index (χ3n) is 2.54. The summed E-state index contributed by atoms with van der Waals surface area (Å²) in [5, 5.41) is 11.2. The minimum absolute atomic E-state index is 0.448. The van der Waals surface area contributed by atoms with Crippen LogP contribution in [0.15, 0.2) is 46.3 Å². The molecule has 0 bridgehead atoms. The highest BCUT2D eigenvalue weighted by Crippen LogP contribution is 2.26. The largest absolute Gasteiger partial charge is 0.481 e. The predicted octanol–water partition coefficient (Wildman–Crippen LogP) is 3.92. The van der Waals surface area contributed by atoms with Gasteiger partial charge in [-0.25, -0.2) is 0 Å². The normalized spacial score (nSPS) is 12.3. The van der Waals surface area contributed by atoms with E-state index in [1.165, 1.54) is 11.3 Å². The molecule has 2 rings (SSSR count). The Kier molecular flexibility index (Phi) is 3.97. The molecule has 0 aliphatic carbocycles. The molecule has 0 spiro atoms. The van der Waals surface area contributed by atoms with Gasteiger partial charge in [0, 0.05) is 9.35 Å². The number of carbonyl (C=O) groups is 1. The van der Waals surface area contributed by atoms with E-state index < -0.39 is 11.9 Å². The summed E-state index contributed by atoms with van der Waals surface area (Å²) in [4.78, 5) is 12.2. The molecule has 0 saturated heterocycles. The van der Waals surface area contributed by atoms with Crippen LogP contribution in [0.25, 0.3) is 0 Å². The standard InChI is InChI=1S/C13H11BrO2S/c14-10-5-3-9(4-6-10)8-11(13(15)16)12-2-1-7-17-12/h1-7,11H,8H2,(H,15,16). The molecule has 2 aromatic rings. The predicted molar refractivity (Wildman–Crippen MR) is 72.5 cm³/mol. The lowest BCUT2D eigenvalue weighted by molar-refractivity contribution is -0.138. The van der Waals surface area contributed by atoms with Gasteiger partial charge in [0.25, 0.3) is 0 Å². The van der Waals surface area contributed by atoms with Crippen LogP contribution in [0, 0.1) is 0 Å². The molecule has 17 heavy (non-hydrogen) atoms. The number of rotatable bonds is 4. The van der Waals surface area contributed by atoms with Crippen LogP contribution in [0.3, 0.4) is 0 Å². The van der Waals surface area contributed by atoms with Crippen molar-refractivity contribution in [2.75, 3.05) is 0 Å². The molecule has 0 radical (unpaired) electrons. The van der Waals surface area contributed by atoms with Gasteiger partial charge in [-0.3, -0.25) is 4.79 Å². The Morgan fingerprint density at radius 3 is 2.53 bits per heavy atom. The monoisotopic (exact) mass is 310 g/mol. The molecular weight excluding hydrogens is 300 g/mol. The first-order valence-electron chi connectivity index (χ1n) is 5.17. The highest BCUT2D eigenvalue weighted by atomic mass is 79.9. The summed E-state index contributed by atoms with van der Waals surface area (Å²) in [5.41, 5.74) is 1.04. The molecule has 0 aliphatic rings. The molecule has 0 saturated carbocycles. The van der Waals surface area contributed by atoms with E-state index in [0.717, 1.165) is 14.9 Å². The molecule has 4 heteroatoms. The van der Waals surface area contributed by atoms with Crippen molar-refractivity contribution < 1.29 is 9.90 Å². The lowest BCUT2D eigenvalue weighted by Gasteiger charge is -2.10. The smallest absolute Gasteiger partial charge is 0.312 e. The van der Waals surface area contributed by atoms with Crippen LogP contribution in [0.4, 0.5) is 0 Å². The first-order chi connectivity index (χ1) is 8.16. The Hall–Kier alpha value is -1.13. The summed E-state index contributed by atoms with van der Waals surface area (Å²) in [5.74, 6) is -1.22. The fourth-order valence-corrected chi connectivity index (χ4v) is 2.74. The summed E-state index contributed by atoms with van der Waals surface area (Å²) in [6.45, 7) is 0. The molecule has 0 aliphatic heterocycles. The van der Waals surface area contributed by atoms with Crippen LogP contribution >= 0.6 is 27.3 Å². The van der Waals surface area contributed by atoms with Crippen molar-refractivity contribution in [3.05, 3.63) is 56.7 Å². The van der Waals surface area contributed by atoms with E-state index in [0.29, 0.717) is 6.42 Å². The van der Waals surface area contributed by atoms with E-state index in [1.807, 2.05) is 41.8 Å². The summed E-state index contributed by atoms with van der Waals surface area (Å²) in [7, 11) is 0. The zero-order chi connectivity index (χ0) is 12.3. The third kappa shape index (κ3) is 3.17. The molecule has 1 aromatic carbocycles. The highest BCUT2D eigenvalue weighted by Gasteiger charge is 2.21. The fraction of sp³-hybridized carbons (Fsp3) is 0.154. The number of halogens is 1. The second-order valence-corrected chi connectivity index (χ2v) is 5.63. The van der Waals surface area contributed by atoms with Gasteiger partial charge < -0.3 is 5.11 Å². The summed E-state index contributed by atoms with van der Waals surface area (Å²) >= 11 is 4.86. The number of carboxylic acid groups (broad SMARTS) is 1. The number of benzene rings is 1. The molecule has 1 N–H and O–H groups in total. The van der Waals surface area contributed by atoms with Crippen molar-refractivity contribution in [1.82, 2.24) is 0 Å². The van der Waals surface area contributed by atoms with Crippen molar-refractivity contribution in [2.45, 2.75) is 12.3 Å². The minimum atomic E-state index is -0.768. The van der Waals surface area contributed by atoms with E-state index in [4.69, 9.17) is 0 Å². The molecule has 1 heterocycles. The van der Waals surface area contributed by atoms with E-state index in [2.05, 4.69) is 15.9 Å². The van der Waals surface area contributed by atoms with Crippen LogP contribution in [-0.4, -0.2) is 11.1 Å². The quantitative estimate of drug-likeness (QED) is 0.929. The van der Waals surface area contributed by atoms with E-state index in [-0.39, 0.29) is 0 Å². The maximum Gasteiger partial charge on any atom is 0.312 e. The zero-order valence-corrected chi connectivity index (χ0v) is 11.4. The average Bonchev–Trinajstić information content (AvgIpc) is 2.81. The van der Waals surface area contributed by atoms with Crippen molar-refractivity contribution in [3.8, 4) is 0 Å². The van der Waals surface area contributed by atoms with Crippen LogP contribution in [0.2, 0.25) is 0 Å². The Morgan fingerprint density at radius 1 is 1.29 bits per heavy atom. The van der Waals surface area contributed by atoms with Gasteiger partial charge in [-0.05, 0) is 35.6 Å². The molecule has 88 valence electrons. The minimum Gasteiger partial charge on any atom is -0.481 e. The van der Waals surface area contributed by atoms with Crippen LogP contribution in [0.5, 0.6) is 0 Å². The number of hydrogen-bond donors (Lipinski definition) is 1. The second-order valence-electron chi connectivity index (χ2n) is 3.74. The van der Waals surface area contributed by atoms with Gasteiger partial charge in [0.2, 0.25) is 0 Å². The molecule has 0 amide bonds. The van der Waals surface area contributed by atoms with E-state index >= 15 is 0 Å². The molecular formula is C13H11BrO2S. The van der Waals surface area contributed by atoms with Crippen molar-refractivity contribution in [3.63, 3.8) is 0 Å². The molecule has 2 nitrogen and oxygen atoms in total. The van der Waals surface area contributed by atoms with Gasteiger partial charge >= 0.3 is 5.97 Å². The summed E-state index contributed by atoms with van der Waals surface area (Å²) in [6.07, 6.45) is 0.531. The molecule has 1 aromatic heterocycles. The number of carboxylic acids is 1. The van der Waals surface area contributed by atoms with E-state index in [9.17, 15) is 9.90 Å². The Balaban J connectivity index is 2.19. The van der Waals surface area contributed by atoms with Gasteiger partial charge in [-0.1, -0.05) is 34.1 Å². The third-order valence-corrected chi connectivity index (χ3v) is 4.05. The molecule has 1 atom stereocenters. The van der Waals surface area contributed by atoms with Crippen molar-refractivity contribution in [2.24, 2.45) is 0 Å². The average molecular weight is 311 g/mol. The fourth-order valence-electron chi connectivity index (χ4n) is 1.66. The number of aliphatic carboxylic acids is 1. The Bertz CT molecular complexity index is 491. The maximum absolute atomic E-state index is 11.3. The van der Waals surface area contributed by atoms with Crippen LogP contribution < -0.4 is 0 Å². The van der Waals surface area contributed by atoms with Gasteiger partial charge in [-0.15, -0.1) is 11.3 Å². The second kappa shape index (κ2) is 5.47. The maximum atomic E-state index is 11.3. The zero-order valence-electron chi connectivity index (χ0n) is 8.97. The first-order valence-corrected chi connectivity index (χ1v) is 6.85. The van der Waals surface area contributed by atoms with Crippen LogP contribution in [-0.2, 0) is 11.2 Å². The lowest BCUT2D eigenvalue weighted by Crippen LogP contribution is -2.13. The Labute approximate surface area is 112 Å². The summed E-state index contributed by atoms with van der Waals surface area (Å²) in [6, 6.07) is 11.5. The van der Waals surface area contributed by atoms with Gasteiger partial charge in [0.15, 0.2) is 0 Å². The number of hydrogen-bond acceptors (Lipinski definition) is 2. The highest BCUT2D eigenvalue weighted by molar-refractivity contribution is 9.10. The van der Waals surface area contributed by atoms with E-state index in [1.54, 1.807) is 0 Å². The lowest BCUT2D eigenvalue weighted by atomic mass is 9.98. The van der Waals surface area contributed by atoms with Crippen LogP contribution in [0.1, 0.15) is 16.4 Å². The van der Waals surface area contributed by atoms with Crippen molar-refractivity contribution >= 4 is 33.2 Å². The first kappa shape index (κ1) is 12.3. The SMILES string of the molecule is O=C(O)C(Cc1ccc(Br)cc1)c1cccs1. The molecule has 0 fully saturated rings. The Morgan fingerprint density at radius 2 is 2.00 bits per heavy atom. The van der Waals surface area contributed by atoms with Crippen molar-refractivity contribution in [1.29, 1.82) is 0 Å². The van der Waals surface area contributed by atoms with Gasteiger partial charge in [0.05, 0.1) is 5.92 Å². The van der Waals surface area contributed by atoms with Gasteiger partial charge in [-0.2, -0.15) is 0 Å². The summed E-state index contributed by atoms with van der Waals surface area (Å²) < 4.78 is 1.00. The van der Waals surface area contributed by atoms with Gasteiger partial charge in [0.1, 0.15) is 0 Å². The molecule has 1 unspecified atom stereocenters. The number of thiophene rings is 1.